The van der Waals surface area contributed by atoms with Crippen molar-refractivity contribution in [3.05, 3.63) is 65.0 Å². The molecule has 0 radical (unpaired) electrons. The van der Waals surface area contributed by atoms with Gasteiger partial charge in [0.2, 0.25) is 5.91 Å². The monoisotopic (exact) mass is 487 g/mol. The highest BCUT2D eigenvalue weighted by Crippen LogP contribution is 2.25. The van der Waals surface area contributed by atoms with Crippen LogP contribution in [0.25, 0.3) is 11.3 Å². The first kappa shape index (κ1) is 24.1. The molecule has 0 atom stereocenters. The quantitative estimate of drug-likeness (QED) is 0.443. The van der Waals surface area contributed by atoms with Gasteiger partial charge in [0.15, 0.2) is 15.0 Å². The lowest BCUT2D eigenvalue weighted by Gasteiger charge is -2.10. The van der Waals surface area contributed by atoms with Crippen LogP contribution in [0, 0.1) is 0 Å². The summed E-state index contributed by atoms with van der Waals surface area (Å²) in [6, 6.07) is 11.9. The zero-order valence-electron chi connectivity index (χ0n) is 17.7. The topological polar surface area (TPSA) is 143 Å². The number of nitrogens with zero attached hydrogens (tertiary/aromatic N) is 1. The number of carboxylic acid groups (broad SMARTS) is 1. The van der Waals surface area contributed by atoms with Crippen molar-refractivity contribution in [2.45, 2.75) is 24.0 Å². The summed E-state index contributed by atoms with van der Waals surface area (Å²) >= 11 is 1.16. The van der Waals surface area contributed by atoms with Crippen LogP contribution in [0.2, 0.25) is 0 Å². The molecule has 0 fully saturated rings. The van der Waals surface area contributed by atoms with E-state index in [-0.39, 0.29) is 27.7 Å². The summed E-state index contributed by atoms with van der Waals surface area (Å²) in [6.07, 6.45) is 0. The fourth-order valence-corrected chi connectivity index (χ4v) is 4.63. The molecule has 0 aliphatic carbocycles. The molecule has 3 N–H and O–H groups in total. The summed E-state index contributed by atoms with van der Waals surface area (Å²) in [5.41, 5.74) is 1.35. The fourth-order valence-electron chi connectivity index (χ4n) is 2.79. The summed E-state index contributed by atoms with van der Waals surface area (Å²) in [5, 5.41) is 15.5. The molecule has 3 rings (SSSR count). The molecular weight excluding hydrogens is 466 g/mol. The molecule has 33 heavy (non-hydrogen) atoms. The maximum absolute atomic E-state index is 12.4. The number of carbonyl (C=O) groups is 3. The first-order valence-corrected chi connectivity index (χ1v) is 12.2. The van der Waals surface area contributed by atoms with Gasteiger partial charge in [0.05, 0.1) is 27.9 Å². The van der Waals surface area contributed by atoms with Crippen LogP contribution in [0.1, 0.15) is 34.6 Å². The highest BCUT2D eigenvalue weighted by molar-refractivity contribution is 7.92. The zero-order chi connectivity index (χ0) is 24.2. The van der Waals surface area contributed by atoms with E-state index >= 15 is 0 Å². The lowest BCUT2D eigenvalue weighted by Crippen LogP contribution is -2.33. The van der Waals surface area contributed by atoms with Crippen molar-refractivity contribution in [1.82, 2.24) is 10.3 Å². The summed E-state index contributed by atoms with van der Waals surface area (Å²) < 4.78 is 24.6. The van der Waals surface area contributed by atoms with Crippen LogP contribution >= 0.6 is 11.3 Å². The lowest BCUT2D eigenvalue weighted by molar-refractivity contribution is -0.115. The Morgan fingerprint density at radius 2 is 1.76 bits per heavy atom. The van der Waals surface area contributed by atoms with E-state index in [1.165, 1.54) is 36.4 Å². The molecule has 1 heterocycles. The van der Waals surface area contributed by atoms with E-state index < -0.39 is 32.9 Å². The van der Waals surface area contributed by atoms with Gasteiger partial charge in [0.25, 0.3) is 5.91 Å². The molecule has 11 heteroatoms. The molecule has 0 aliphatic heterocycles. The van der Waals surface area contributed by atoms with E-state index in [1.54, 1.807) is 31.4 Å². The third-order valence-corrected chi connectivity index (χ3v) is 7.52. The number of benzene rings is 2. The van der Waals surface area contributed by atoms with E-state index in [9.17, 15) is 22.8 Å². The summed E-state index contributed by atoms with van der Waals surface area (Å²) in [4.78, 5) is 40.0. The predicted octanol–water partition coefficient (Wildman–Crippen LogP) is 3.06. The minimum atomic E-state index is -3.53. The third-order valence-electron chi connectivity index (χ3n) is 4.61. The first-order valence-electron chi connectivity index (χ1n) is 9.79. The second-order valence-electron chi connectivity index (χ2n) is 7.28. The van der Waals surface area contributed by atoms with Crippen molar-refractivity contribution in [2.75, 3.05) is 11.9 Å². The SMILES string of the molecule is CC(C)S(=O)(=O)c1cccc(C(=O)NCC(=O)Nc2nc(-c3cccc(C(=O)O)c3)cs2)c1. The van der Waals surface area contributed by atoms with Crippen molar-refractivity contribution in [2.24, 2.45) is 0 Å². The minimum absolute atomic E-state index is 0.0388. The average molecular weight is 488 g/mol. The number of carbonyl (C=O) groups excluding carboxylic acids is 2. The normalized spacial score (nSPS) is 11.2. The number of hydrogen-bond donors (Lipinski definition) is 3. The number of anilines is 1. The van der Waals surface area contributed by atoms with Gasteiger partial charge >= 0.3 is 5.97 Å². The molecule has 0 unspecified atom stereocenters. The molecule has 2 aromatic carbocycles. The average Bonchev–Trinajstić information content (AvgIpc) is 3.26. The van der Waals surface area contributed by atoms with Gasteiger partial charge in [-0.15, -0.1) is 11.3 Å². The molecule has 3 aromatic rings. The Morgan fingerprint density at radius 1 is 1.06 bits per heavy atom. The Labute approximate surface area is 194 Å². The molecule has 0 bridgehead atoms. The maximum Gasteiger partial charge on any atom is 0.335 e. The van der Waals surface area contributed by atoms with Crippen LogP contribution < -0.4 is 10.6 Å². The number of rotatable bonds is 8. The zero-order valence-corrected chi connectivity index (χ0v) is 19.4. The number of hydrogen-bond acceptors (Lipinski definition) is 7. The Bertz CT molecular complexity index is 1310. The minimum Gasteiger partial charge on any atom is -0.478 e. The summed E-state index contributed by atoms with van der Waals surface area (Å²) in [5.74, 6) is -2.16. The molecule has 0 saturated heterocycles. The Kier molecular flexibility index (Phi) is 7.24. The van der Waals surface area contributed by atoms with Crippen molar-refractivity contribution >= 4 is 44.1 Å². The lowest BCUT2D eigenvalue weighted by atomic mass is 10.1. The number of nitrogens with one attached hydrogen (secondary N) is 2. The van der Waals surface area contributed by atoms with Crippen LogP contribution in [0.3, 0.4) is 0 Å². The summed E-state index contributed by atoms with van der Waals surface area (Å²) in [7, 11) is -3.53. The Balaban J connectivity index is 1.61. The van der Waals surface area contributed by atoms with Gasteiger partial charge in [0, 0.05) is 16.5 Å². The van der Waals surface area contributed by atoms with Crippen molar-refractivity contribution in [1.29, 1.82) is 0 Å². The number of sulfone groups is 1. The van der Waals surface area contributed by atoms with Crippen molar-refractivity contribution in [3.63, 3.8) is 0 Å². The van der Waals surface area contributed by atoms with Gasteiger partial charge in [-0.3, -0.25) is 9.59 Å². The largest absolute Gasteiger partial charge is 0.478 e. The highest BCUT2D eigenvalue weighted by Gasteiger charge is 2.20. The smallest absolute Gasteiger partial charge is 0.335 e. The highest BCUT2D eigenvalue weighted by atomic mass is 32.2. The van der Waals surface area contributed by atoms with E-state index in [0.29, 0.717) is 11.3 Å². The molecule has 0 aliphatic rings. The molecule has 1 aromatic heterocycles. The predicted molar refractivity (Wildman–Crippen MR) is 124 cm³/mol. The Hall–Kier alpha value is -3.57. The van der Waals surface area contributed by atoms with E-state index in [1.807, 2.05) is 0 Å². The molecule has 9 nitrogen and oxygen atoms in total. The summed E-state index contributed by atoms with van der Waals surface area (Å²) in [6.45, 7) is 2.77. The van der Waals surface area contributed by atoms with E-state index in [4.69, 9.17) is 5.11 Å². The Morgan fingerprint density at radius 3 is 2.45 bits per heavy atom. The van der Waals surface area contributed by atoms with Gasteiger partial charge in [-0.1, -0.05) is 18.2 Å². The number of thiazole rings is 1. The van der Waals surface area contributed by atoms with Gasteiger partial charge in [0.1, 0.15) is 0 Å². The van der Waals surface area contributed by atoms with Gasteiger partial charge in [-0.25, -0.2) is 18.2 Å². The van der Waals surface area contributed by atoms with Crippen LogP contribution in [-0.2, 0) is 14.6 Å². The van der Waals surface area contributed by atoms with Gasteiger partial charge in [-0.05, 0) is 44.2 Å². The van der Waals surface area contributed by atoms with E-state index in [0.717, 1.165) is 11.3 Å². The third kappa shape index (κ3) is 5.82. The second kappa shape index (κ2) is 9.92. The van der Waals surface area contributed by atoms with Crippen LogP contribution in [0.4, 0.5) is 5.13 Å². The van der Waals surface area contributed by atoms with Crippen LogP contribution in [0.5, 0.6) is 0 Å². The molecular formula is C22H21N3O6S2. The number of carboxylic acids is 1. The molecule has 0 spiro atoms. The number of aromatic nitrogens is 1. The fraction of sp³-hybridized carbons (Fsp3) is 0.182. The maximum atomic E-state index is 12.4. The van der Waals surface area contributed by atoms with Crippen LogP contribution in [0.15, 0.2) is 58.8 Å². The standard InChI is InChI=1S/C22H21N3O6S2/c1-13(2)33(30,31)17-8-4-6-15(10-17)20(27)23-11-19(26)25-22-24-18(12-32-22)14-5-3-7-16(9-14)21(28)29/h3-10,12-13H,11H2,1-2H3,(H,23,27)(H,28,29)(H,24,25,26). The number of amides is 2. The first-order chi connectivity index (χ1) is 15.6. The molecule has 172 valence electrons. The molecule has 0 saturated carbocycles. The van der Waals surface area contributed by atoms with Crippen molar-refractivity contribution < 1.29 is 27.9 Å². The molecule has 2 amide bonds. The van der Waals surface area contributed by atoms with E-state index in [2.05, 4.69) is 15.6 Å². The number of aromatic carboxylic acids is 1. The van der Waals surface area contributed by atoms with Crippen molar-refractivity contribution in [3.8, 4) is 11.3 Å². The van der Waals surface area contributed by atoms with Crippen LogP contribution in [-0.4, -0.2) is 48.1 Å². The van der Waals surface area contributed by atoms with Gasteiger partial charge < -0.3 is 15.7 Å². The second-order valence-corrected chi connectivity index (χ2v) is 10.6. The van der Waals surface area contributed by atoms with Gasteiger partial charge in [-0.2, -0.15) is 0 Å².